The highest BCUT2D eigenvalue weighted by molar-refractivity contribution is 5.94. The summed E-state index contributed by atoms with van der Waals surface area (Å²) in [5, 5.41) is 14.9. The van der Waals surface area contributed by atoms with E-state index in [1.165, 1.54) is 13.2 Å². The molecule has 3 aromatic heterocycles. The molecule has 29 heavy (non-hydrogen) atoms. The number of pyridine rings is 1. The van der Waals surface area contributed by atoms with E-state index in [0.717, 1.165) is 22.2 Å². The summed E-state index contributed by atoms with van der Waals surface area (Å²) in [6.45, 7) is 1.98. The van der Waals surface area contributed by atoms with Crippen LogP contribution in [0.15, 0.2) is 36.8 Å². The van der Waals surface area contributed by atoms with E-state index in [1.54, 1.807) is 17.1 Å². The number of aromatic nitrogens is 5. The third kappa shape index (κ3) is 3.54. The van der Waals surface area contributed by atoms with Crippen LogP contribution in [0.1, 0.15) is 11.1 Å². The van der Waals surface area contributed by atoms with E-state index < -0.39 is 11.9 Å². The standard InChI is InChI=1S/C20H19FN6O2/c1-11-4-12(7-23-20(28)29-3)5-15(21)18(11)16-6-14-17(9-22-16)25-26-19(14)13-8-24-27(2)10-13/h4-6,8-10H,7H2,1-3H3,(H,23,28)(H,25,26). The van der Waals surface area contributed by atoms with Crippen molar-refractivity contribution >= 4 is 17.0 Å². The van der Waals surface area contributed by atoms with Gasteiger partial charge in [0.05, 0.1) is 30.7 Å². The van der Waals surface area contributed by atoms with Gasteiger partial charge in [0.2, 0.25) is 0 Å². The van der Waals surface area contributed by atoms with Gasteiger partial charge in [0.25, 0.3) is 0 Å². The van der Waals surface area contributed by atoms with Crippen LogP contribution in [0.25, 0.3) is 33.4 Å². The molecule has 2 N–H and O–H groups in total. The van der Waals surface area contributed by atoms with Crippen molar-refractivity contribution in [3.63, 3.8) is 0 Å². The van der Waals surface area contributed by atoms with Gasteiger partial charge in [0.1, 0.15) is 11.5 Å². The van der Waals surface area contributed by atoms with Crippen LogP contribution < -0.4 is 5.32 Å². The van der Waals surface area contributed by atoms with Crippen LogP contribution in [0, 0.1) is 12.7 Å². The van der Waals surface area contributed by atoms with Crippen molar-refractivity contribution < 1.29 is 13.9 Å². The Hall–Kier alpha value is -3.75. The second-order valence-electron chi connectivity index (χ2n) is 6.70. The first kappa shape index (κ1) is 18.6. The number of hydrogen-bond donors (Lipinski definition) is 2. The number of hydrogen-bond acceptors (Lipinski definition) is 5. The van der Waals surface area contributed by atoms with Crippen molar-refractivity contribution in [1.29, 1.82) is 0 Å². The van der Waals surface area contributed by atoms with E-state index in [1.807, 2.05) is 32.3 Å². The fourth-order valence-corrected chi connectivity index (χ4v) is 3.31. The van der Waals surface area contributed by atoms with Gasteiger partial charge < -0.3 is 10.1 Å². The maximum Gasteiger partial charge on any atom is 0.407 e. The predicted octanol–water partition coefficient (Wildman–Crippen LogP) is 3.33. The van der Waals surface area contributed by atoms with Gasteiger partial charge in [0.15, 0.2) is 0 Å². The lowest BCUT2D eigenvalue weighted by Gasteiger charge is -2.11. The zero-order chi connectivity index (χ0) is 20.5. The number of fused-ring (bicyclic) bond motifs is 1. The number of ether oxygens (including phenoxy) is 1. The molecule has 0 atom stereocenters. The fraction of sp³-hybridized carbons (Fsp3) is 0.200. The van der Waals surface area contributed by atoms with Crippen molar-refractivity contribution in [2.24, 2.45) is 7.05 Å². The summed E-state index contributed by atoms with van der Waals surface area (Å²) < 4.78 is 21.2. The Bertz CT molecular complexity index is 1190. The Morgan fingerprint density at radius 1 is 1.31 bits per heavy atom. The Morgan fingerprint density at radius 2 is 2.14 bits per heavy atom. The smallest absolute Gasteiger partial charge is 0.407 e. The first-order chi connectivity index (χ1) is 14.0. The van der Waals surface area contributed by atoms with Crippen LogP contribution in [0.3, 0.4) is 0 Å². The third-order valence-corrected chi connectivity index (χ3v) is 4.65. The summed E-state index contributed by atoms with van der Waals surface area (Å²) in [5.41, 5.74) is 4.61. The molecule has 9 heteroatoms. The molecule has 1 amide bonds. The molecule has 3 heterocycles. The normalized spacial score (nSPS) is 11.0. The number of amides is 1. The van der Waals surface area contributed by atoms with Crippen molar-refractivity contribution in [2.45, 2.75) is 13.5 Å². The second kappa shape index (κ2) is 7.34. The number of carbonyl (C=O) groups excluding carboxylic acids is 1. The van der Waals surface area contributed by atoms with Gasteiger partial charge in [-0.2, -0.15) is 10.2 Å². The molecule has 0 saturated carbocycles. The minimum absolute atomic E-state index is 0.171. The van der Waals surface area contributed by atoms with Crippen molar-refractivity contribution in [2.75, 3.05) is 7.11 Å². The Morgan fingerprint density at radius 3 is 2.83 bits per heavy atom. The zero-order valence-electron chi connectivity index (χ0n) is 16.2. The zero-order valence-corrected chi connectivity index (χ0v) is 16.2. The maximum absolute atomic E-state index is 14.9. The molecule has 0 spiro atoms. The molecule has 0 radical (unpaired) electrons. The number of rotatable bonds is 4. The molecule has 0 aliphatic carbocycles. The maximum atomic E-state index is 14.9. The molecule has 0 saturated heterocycles. The summed E-state index contributed by atoms with van der Waals surface area (Å²) in [6, 6.07) is 5.03. The van der Waals surface area contributed by atoms with E-state index in [-0.39, 0.29) is 6.54 Å². The van der Waals surface area contributed by atoms with Gasteiger partial charge >= 0.3 is 6.09 Å². The van der Waals surface area contributed by atoms with Crippen LogP contribution in [-0.4, -0.2) is 38.2 Å². The van der Waals surface area contributed by atoms with E-state index in [2.05, 4.69) is 30.3 Å². The van der Waals surface area contributed by atoms with Gasteiger partial charge in [-0.05, 0) is 30.2 Å². The molecule has 1 aromatic carbocycles. The Balaban J connectivity index is 1.73. The minimum atomic E-state index is -0.567. The van der Waals surface area contributed by atoms with Gasteiger partial charge in [-0.3, -0.25) is 14.8 Å². The highest BCUT2D eigenvalue weighted by atomic mass is 19.1. The van der Waals surface area contributed by atoms with Crippen LogP contribution in [0.2, 0.25) is 0 Å². The number of aryl methyl sites for hydroxylation is 2. The number of nitrogens with zero attached hydrogens (tertiary/aromatic N) is 4. The highest BCUT2D eigenvalue weighted by Crippen LogP contribution is 2.31. The molecule has 0 fully saturated rings. The third-order valence-electron chi connectivity index (χ3n) is 4.65. The fourth-order valence-electron chi connectivity index (χ4n) is 3.31. The van der Waals surface area contributed by atoms with Crippen molar-refractivity contribution in [1.82, 2.24) is 30.3 Å². The monoisotopic (exact) mass is 394 g/mol. The summed E-state index contributed by atoms with van der Waals surface area (Å²) >= 11 is 0. The van der Waals surface area contributed by atoms with Crippen molar-refractivity contribution in [3.8, 4) is 22.5 Å². The van der Waals surface area contributed by atoms with Gasteiger partial charge in [-0.25, -0.2) is 9.18 Å². The van der Waals surface area contributed by atoms with Crippen LogP contribution in [0.5, 0.6) is 0 Å². The molecule has 148 valence electrons. The number of nitrogens with one attached hydrogen (secondary N) is 2. The average molecular weight is 394 g/mol. The first-order valence-corrected chi connectivity index (χ1v) is 8.90. The molecular weight excluding hydrogens is 375 g/mol. The van der Waals surface area contributed by atoms with E-state index in [4.69, 9.17) is 0 Å². The molecule has 8 nitrogen and oxygen atoms in total. The quantitative estimate of drug-likeness (QED) is 0.553. The molecule has 4 aromatic rings. The molecule has 0 bridgehead atoms. The van der Waals surface area contributed by atoms with Crippen molar-refractivity contribution in [3.05, 3.63) is 53.7 Å². The molecule has 0 unspecified atom stereocenters. The SMILES string of the molecule is COC(=O)NCc1cc(C)c(-c2cc3c(-c4cnn(C)c4)n[nH]c3cn2)c(F)c1. The van der Waals surface area contributed by atoms with Gasteiger partial charge in [-0.15, -0.1) is 0 Å². The number of methoxy groups -OCH3 is 1. The second-order valence-corrected chi connectivity index (χ2v) is 6.70. The van der Waals surface area contributed by atoms with Gasteiger partial charge in [-0.1, -0.05) is 6.07 Å². The highest BCUT2D eigenvalue weighted by Gasteiger charge is 2.16. The summed E-state index contributed by atoms with van der Waals surface area (Å²) in [6.07, 6.45) is 4.67. The Labute approximate surface area is 165 Å². The number of halogens is 1. The van der Waals surface area contributed by atoms with Gasteiger partial charge in [0, 0.05) is 36.3 Å². The molecular formula is C20H19FN6O2. The summed E-state index contributed by atoms with van der Waals surface area (Å²) in [5.74, 6) is -0.412. The minimum Gasteiger partial charge on any atom is -0.453 e. The summed E-state index contributed by atoms with van der Waals surface area (Å²) in [4.78, 5) is 15.6. The lowest BCUT2D eigenvalue weighted by atomic mass is 10.00. The number of H-pyrrole nitrogens is 1. The van der Waals surface area contributed by atoms with Crippen LogP contribution in [0.4, 0.5) is 9.18 Å². The lowest BCUT2D eigenvalue weighted by Crippen LogP contribution is -2.22. The van der Waals surface area contributed by atoms with E-state index in [0.29, 0.717) is 22.4 Å². The molecule has 0 aliphatic heterocycles. The van der Waals surface area contributed by atoms with E-state index in [9.17, 15) is 9.18 Å². The van der Waals surface area contributed by atoms with Crippen LogP contribution >= 0.6 is 0 Å². The first-order valence-electron chi connectivity index (χ1n) is 8.90. The number of carbonyl (C=O) groups is 1. The lowest BCUT2D eigenvalue weighted by molar-refractivity contribution is 0.170. The number of benzene rings is 1. The summed E-state index contributed by atoms with van der Waals surface area (Å²) in [7, 11) is 3.11. The Kier molecular flexibility index (Phi) is 4.71. The largest absolute Gasteiger partial charge is 0.453 e. The molecule has 4 rings (SSSR count). The topological polar surface area (TPSA) is 97.7 Å². The predicted molar refractivity (Wildman–Crippen MR) is 105 cm³/mol. The van der Waals surface area contributed by atoms with Crippen LogP contribution in [-0.2, 0) is 18.3 Å². The number of alkyl carbamates (subject to hydrolysis) is 1. The van der Waals surface area contributed by atoms with E-state index >= 15 is 0 Å². The average Bonchev–Trinajstić information content (AvgIpc) is 3.31. The number of aromatic amines is 1. The molecule has 0 aliphatic rings.